The summed E-state index contributed by atoms with van der Waals surface area (Å²) in [5.74, 6) is 0.577. The number of nitrogens with one attached hydrogen (secondary N) is 1. The van der Waals surface area contributed by atoms with Crippen molar-refractivity contribution in [3.05, 3.63) is 18.1 Å². The van der Waals surface area contributed by atoms with Gasteiger partial charge in [-0.25, -0.2) is 4.98 Å². The standard InChI is InChI=1S/C10H17N3O/c1-4-8(11-2)5-9-6-12-7-10(13-9)14-3/h6-8,11H,4-5H2,1-3H3. The van der Waals surface area contributed by atoms with Crippen molar-refractivity contribution >= 4 is 0 Å². The lowest BCUT2D eigenvalue weighted by atomic mass is 10.1. The van der Waals surface area contributed by atoms with Gasteiger partial charge in [-0.2, -0.15) is 0 Å². The van der Waals surface area contributed by atoms with E-state index in [0.717, 1.165) is 18.5 Å². The van der Waals surface area contributed by atoms with Gasteiger partial charge < -0.3 is 10.1 Å². The molecule has 1 aromatic heterocycles. The summed E-state index contributed by atoms with van der Waals surface area (Å²) in [6.45, 7) is 2.15. The molecule has 0 saturated carbocycles. The van der Waals surface area contributed by atoms with Crippen LogP contribution in [0.5, 0.6) is 5.88 Å². The van der Waals surface area contributed by atoms with Crippen LogP contribution in [-0.4, -0.2) is 30.2 Å². The van der Waals surface area contributed by atoms with Crippen molar-refractivity contribution in [2.24, 2.45) is 0 Å². The number of nitrogens with zero attached hydrogens (tertiary/aromatic N) is 2. The minimum Gasteiger partial charge on any atom is -0.480 e. The summed E-state index contributed by atoms with van der Waals surface area (Å²) in [6.07, 6.45) is 5.36. The largest absolute Gasteiger partial charge is 0.480 e. The van der Waals surface area contributed by atoms with Crippen LogP contribution in [0.2, 0.25) is 0 Å². The third-order valence-corrected chi connectivity index (χ3v) is 2.23. The second-order valence-electron chi connectivity index (χ2n) is 3.15. The van der Waals surface area contributed by atoms with E-state index in [4.69, 9.17) is 4.74 Å². The lowest BCUT2D eigenvalue weighted by Crippen LogP contribution is -2.27. The molecule has 14 heavy (non-hydrogen) atoms. The first-order chi connectivity index (χ1) is 6.80. The van der Waals surface area contributed by atoms with Gasteiger partial charge in [0, 0.05) is 18.7 Å². The Labute approximate surface area is 84.7 Å². The van der Waals surface area contributed by atoms with Gasteiger partial charge in [0.15, 0.2) is 0 Å². The fourth-order valence-corrected chi connectivity index (χ4v) is 1.29. The van der Waals surface area contributed by atoms with Crippen molar-refractivity contribution in [3.63, 3.8) is 0 Å². The minimum atomic E-state index is 0.455. The first-order valence-electron chi connectivity index (χ1n) is 4.82. The second kappa shape index (κ2) is 5.54. The van der Waals surface area contributed by atoms with Crippen molar-refractivity contribution in [2.45, 2.75) is 25.8 Å². The second-order valence-corrected chi connectivity index (χ2v) is 3.15. The van der Waals surface area contributed by atoms with Crippen molar-refractivity contribution in [3.8, 4) is 5.88 Å². The number of likely N-dealkylation sites (N-methyl/N-ethyl adjacent to an activating group) is 1. The molecule has 1 rings (SSSR count). The van der Waals surface area contributed by atoms with Crippen LogP contribution in [0.4, 0.5) is 0 Å². The van der Waals surface area contributed by atoms with E-state index in [0.29, 0.717) is 11.9 Å². The zero-order chi connectivity index (χ0) is 10.4. The molecule has 0 aromatic carbocycles. The summed E-state index contributed by atoms with van der Waals surface area (Å²) in [7, 11) is 3.56. The van der Waals surface area contributed by atoms with Gasteiger partial charge in [0.05, 0.1) is 19.0 Å². The lowest BCUT2D eigenvalue weighted by Gasteiger charge is -2.12. The minimum absolute atomic E-state index is 0.455. The van der Waals surface area contributed by atoms with E-state index in [-0.39, 0.29) is 0 Å². The van der Waals surface area contributed by atoms with E-state index in [1.165, 1.54) is 0 Å². The summed E-state index contributed by atoms with van der Waals surface area (Å²) in [5.41, 5.74) is 0.963. The SMILES string of the molecule is CCC(Cc1cncc(OC)n1)NC. The van der Waals surface area contributed by atoms with Gasteiger partial charge in [0.1, 0.15) is 0 Å². The summed E-state index contributed by atoms with van der Waals surface area (Å²) < 4.78 is 5.01. The summed E-state index contributed by atoms with van der Waals surface area (Å²) >= 11 is 0. The van der Waals surface area contributed by atoms with E-state index in [2.05, 4.69) is 22.2 Å². The predicted molar refractivity (Wildman–Crippen MR) is 55.4 cm³/mol. The Hall–Kier alpha value is -1.16. The molecule has 0 saturated heterocycles. The molecule has 0 spiro atoms. The highest BCUT2D eigenvalue weighted by molar-refractivity contribution is 5.09. The first kappa shape index (κ1) is 10.9. The Morgan fingerprint density at radius 3 is 2.86 bits per heavy atom. The zero-order valence-electron chi connectivity index (χ0n) is 8.95. The highest BCUT2D eigenvalue weighted by Crippen LogP contribution is 2.07. The fourth-order valence-electron chi connectivity index (χ4n) is 1.29. The highest BCUT2D eigenvalue weighted by atomic mass is 16.5. The number of methoxy groups -OCH3 is 1. The molecule has 0 aliphatic heterocycles. The predicted octanol–water partition coefficient (Wildman–Crippen LogP) is 1.03. The number of rotatable bonds is 5. The summed E-state index contributed by atoms with van der Waals surface area (Å²) in [5, 5.41) is 3.23. The summed E-state index contributed by atoms with van der Waals surface area (Å²) in [6, 6.07) is 0.455. The van der Waals surface area contributed by atoms with E-state index < -0.39 is 0 Å². The maximum absolute atomic E-state index is 5.01. The Morgan fingerprint density at radius 2 is 2.29 bits per heavy atom. The van der Waals surface area contributed by atoms with Crippen molar-refractivity contribution in [1.82, 2.24) is 15.3 Å². The Bertz CT molecular complexity index is 274. The van der Waals surface area contributed by atoms with Gasteiger partial charge in [-0.3, -0.25) is 4.98 Å². The molecule has 0 bridgehead atoms. The monoisotopic (exact) mass is 195 g/mol. The molecule has 0 aliphatic carbocycles. The van der Waals surface area contributed by atoms with Crippen molar-refractivity contribution in [2.75, 3.05) is 14.2 Å². The summed E-state index contributed by atoms with van der Waals surface area (Å²) in [4.78, 5) is 8.36. The lowest BCUT2D eigenvalue weighted by molar-refractivity contribution is 0.392. The number of hydrogen-bond donors (Lipinski definition) is 1. The number of ether oxygens (including phenoxy) is 1. The quantitative estimate of drug-likeness (QED) is 0.762. The van der Waals surface area contributed by atoms with Gasteiger partial charge in [-0.15, -0.1) is 0 Å². The number of hydrogen-bond acceptors (Lipinski definition) is 4. The molecule has 0 radical (unpaired) electrons. The molecule has 0 fully saturated rings. The van der Waals surface area contributed by atoms with Crippen LogP contribution in [-0.2, 0) is 6.42 Å². The molecule has 78 valence electrons. The van der Waals surface area contributed by atoms with Crippen LogP contribution >= 0.6 is 0 Å². The molecule has 0 amide bonds. The zero-order valence-corrected chi connectivity index (χ0v) is 8.95. The average Bonchev–Trinajstić information content (AvgIpc) is 2.26. The maximum Gasteiger partial charge on any atom is 0.232 e. The van der Waals surface area contributed by atoms with E-state index >= 15 is 0 Å². The topological polar surface area (TPSA) is 47.0 Å². The molecule has 1 heterocycles. The van der Waals surface area contributed by atoms with Crippen LogP contribution in [0.3, 0.4) is 0 Å². The molecule has 1 N–H and O–H groups in total. The third kappa shape index (κ3) is 2.96. The maximum atomic E-state index is 5.01. The van der Waals surface area contributed by atoms with Gasteiger partial charge >= 0.3 is 0 Å². The van der Waals surface area contributed by atoms with E-state index in [1.54, 1.807) is 19.5 Å². The first-order valence-corrected chi connectivity index (χ1v) is 4.82. The van der Waals surface area contributed by atoms with Gasteiger partial charge in [0.25, 0.3) is 0 Å². The van der Waals surface area contributed by atoms with Gasteiger partial charge in [-0.05, 0) is 13.5 Å². The number of aromatic nitrogens is 2. The Kier molecular flexibility index (Phi) is 4.32. The molecule has 1 aromatic rings. The molecule has 0 aliphatic rings. The molecule has 4 heteroatoms. The van der Waals surface area contributed by atoms with Crippen LogP contribution < -0.4 is 10.1 Å². The molecule has 4 nitrogen and oxygen atoms in total. The molecule has 1 atom stereocenters. The third-order valence-electron chi connectivity index (χ3n) is 2.23. The molecule has 1 unspecified atom stereocenters. The average molecular weight is 195 g/mol. The van der Waals surface area contributed by atoms with Crippen molar-refractivity contribution in [1.29, 1.82) is 0 Å². The van der Waals surface area contributed by atoms with E-state index in [1.807, 2.05) is 7.05 Å². The van der Waals surface area contributed by atoms with Gasteiger partial charge in [0.2, 0.25) is 5.88 Å². The van der Waals surface area contributed by atoms with Crippen LogP contribution in [0.15, 0.2) is 12.4 Å². The van der Waals surface area contributed by atoms with Crippen LogP contribution in [0.25, 0.3) is 0 Å². The van der Waals surface area contributed by atoms with Gasteiger partial charge in [-0.1, -0.05) is 6.92 Å². The smallest absolute Gasteiger partial charge is 0.232 e. The fraction of sp³-hybridized carbons (Fsp3) is 0.600. The van der Waals surface area contributed by atoms with Crippen molar-refractivity contribution < 1.29 is 4.74 Å². The van der Waals surface area contributed by atoms with Crippen LogP contribution in [0.1, 0.15) is 19.0 Å². The molecular weight excluding hydrogens is 178 g/mol. The highest BCUT2D eigenvalue weighted by Gasteiger charge is 2.06. The Balaban J connectivity index is 2.65. The Morgan fingerprint density at radius 1 is 1.50 bits per heavy atom. The molecular formula is C10H17N3O. The normalized spacial score (nSPS) is 12.5. The van der Waals surface area contributed by atoms with Crippen LogP contribution in [0, 0.1) is 0 Å². The van der Waals surface area contributed by atoms with E-state index in [9.17, 15) is 0 Å².